The van der Waals surface area contributed by atoms with Gasteiger partial charge in [0.2, 0.25) is 5.91 Å². The molecule has 5 rings (SSSR count). The van der Waals surface area contributed by atoms with Crippen molar-refractivity contribution in [1.82, 2.24) is 15.1 Å². The molecule has 1 saturated heterocycles. The van der Waals surface area contributed by atoms with E-state index < -0.39 is 0 Å². The van der Waals surface area contributed by atoms with E-state index in [9.17, 15) is 9.59 Å². The van der Waals surface area contributed by atoms with Crippen molar-refractivity contribution < 1.29 is 9.59 Å². The standard InChI is InChI=1S/C26H33N3O2S/c30-25(27-22-12-5-10-19-7-3-4-11-21(19)22)24(20-8-1-2-9-20)28-14-16-29(17-15-28)26(31)23-13-6-18-32-23/h3-4,6-7,11,13,18,20,22,24H,1-2,5,8-10,12,14-17H2,(H,27,30)/t22-,24+/m0/s1. The lowest BCUT2D eigenvalue weighted by Crippen LogP contribution is -2.58. The Bertz CT molecular complexity index is 930. The van der Waals surface area contributed by atoms with E-state index in [2.05, 4.69) is 34.5 Å². The lowest BCUT2D eigenvalue weighted by atomic mass is 9.87. The summed E-state index contributed by atoms with van der Waals surface area (Å²) in [6.07, 6.45) is 7.95. The summed E-state index contributed by atoms with van der Waals surface area (Å²) in [4.78, 5) is 31.5. The molecule has 1 aliphatic heterocycles. The molecule has 2 atom stereocenters. The summed E-state index contributed by atoms with van der Waals surface area (Å²) < 4.78 is 0. The van der Waals surface area contributed by atoms with Gasteiger partial charge >= 0.3 is 0 Å². The van der Waals surface area contributed by atoms with Gasteiger partial charge in [-0.1, -0.05) is 43.2 Å². The lowest BCUT2D eigenvalue weighted by Gasteiger charge is -2.41. The zero-order valence-electron chi connectivity index (χ0n) is 18.7. The maximum Gasteiger partial charge on any atom is 0.264 e. The number of nitrogens with one attached hydrogen (secondary N) is 1. The second-order valence-electron chi connectivity index (χ2n) is 9.45. The van der Waals surface area contributed by atoms with Gasteiger partial charge in [0.15, 0.2) is 0 Å². The van der Waals surface area contributed by atoms with Crippen LogP contribution in [0.2, 0.25) is 0 Å². The number of carbonyl (C=O) groups is 2. The summed E-state index contributed by atoms with van der Waals surface area (Å²) in [5.41, 5.74) is 2.67. The Morgan fingerprint density at radius 1 is 0.938 bits per heavy atom. The largest absolute Gasteiger partial charge is 0.348 e. The first-order valence-electron chi connectivity index (χ1n) is 12.2. The van der Waals surface area contributed by atoms with E-state index in [0.29, 0.717) is 19.0 Å². The highest BCUT2D eigenvalue weighted by atomic mass is 32.1. The highest BCUT2D eigenvalue weighted by Crippen LogP contribution is 2.33. The van der Waals surface area contributed by atoms with Gasteiger partial charge in [0.05, 0.1) is 17.0 Å². The molecule has 2 amide bonds. The first kappa shape index (κ1) is 21.7. The summed E-state index contributed by atoms with van der Waals surface area (Å²) in [6, 6.07) is 12.4. The van der Waals surface area contributed by atoms with Crippen molar-refractivity contribution in [2.75, 3.05) is 26.2 Å². The van der Waals surface area contributed by atoms with Crippen molar-refractivity contribution in [3.63, 3.8) is 0 Å². The van der Waals surface area contributed by atoms with E-state index in [1.54, 1.807) is 0 Å². The molecule has 2 aromatic rings. The molecule has 1 N–H and O–H groups in total. The molecule has 2 aliphatic carbocycles. The second kappa shape index (κ2) is 9.75. The Hall–Kier alpha value is -2.18. The van der Waals surface area contributed by atoms with Crippen LogP contribution >= 0.6 is 11.3 Å². The molecule has 6 heteroatoms. The summed E-state index contributed by atoms with van der Waals surface area (Å²) >= 11 is 1.50. The van der Waals surface area contributed by atoms with Crippen molar-refractivity contribution in [3.05, 3.63) is 57.8 Å². The molecular weight excluding hydrogens is 418 g/mol. The maximum absolute atomic E-state index is 13.7. The van der Waals surface area contributed by atoms with Crippen LogP contribution in [0.3, 0.4) is 0 Å². The van der Waals surface area contributed by atoms with Crippen molar-refractivity contribution in [1.29, 1.82) is 0 Å². The van der Waals surface area contributed by atoms with Crippen LogP contribution in [0.25, 0.3) is 0 Å². The number of thiophene rings is 1. The van der Waals surface area contributed by atoms with Gasteiger partial charge in [-0.2, -0.15) is 0 Å². The molecule has 1 aromatic carbocycles. The molecule has 1 saturated carbocycles. The van der Waals surface area contributed by atoms with E-state index in [0.717, 1.165) is 50.1 Å². The Kier molecular flexibility index (Phi) is 6.60. The van der Waals surface area contributed by atoms with E-state index in [1.165, 1.54) is 35.3 Å². The van der Waals surface area contributed by atoms with E-state index in [4.69, 9.17) is 0 Å². The van der Waals surface area contributed by atoms with Gasteiger partial charge < -0.3 is 10.2 Å². The van der Waals surface area contributed by atoms with Crippen LogP contribution < -0.4 is 5.32 Å². The fourth-order valence-corrected chi connectivity index (χ4v) is 6.56. The highest BCUT2D eigenvalue weighted by molar-refractivity contribution is 7.12. The Labute approximate surface area is 194 Å². The average molecular weight is 452 g/mol. The van der Waals surface area contributed by atoms with E-state index in [-0.39, 0.29) is 23.9 Å². The number of carbonyl (C=O) groups excluding carboxylic acids is 2. The molecule has 0 bridgehead atoms. The summed E-state index contributed by atoms with van der Waals surface area (Å²) in [6.45, 7) is 2.93. The zero-order chi connectivity index (χ0) is 21.9. The van der Waals surface area contributed by atoms with Gasteiger partial charge in [-0.05, 0) is 60.6 Å². The smallest absolute Gasteiger partial charge is 0.264 e. The van der Waals surface area contributed by atoms with Crippen LogP contribution in [0.1, 0.15) is 65.4 Å². The number of nitrogens with zero attached hydrogens (tertiary/aromatic N) is 2. The Morgan fingerprint density at radius 2 is 1.72 bits per heavy atom. The van der Waals surface area contributed by atoms with Crippen molar-refractivity contribution in [2.45, 2.75) is 57.0 Å². The number of amides is 2. The fourth-order valence-electron chi connectivity index (χ4n) is 5.87. The Morgan fingerprint density at radius 3 is 2.47 bits per heavy atom. The SMILES string of the molecule is O=C(N[C@H]1CCCc2ccccc21)[C@@H](C1CCCC1)N1CCN(C(=O)c2cccs2)CC1. The molecule has 0 radical (unpaired) electrons. The average Bonchev–Trinajstić information content (AvgIpc) is 3.55. The van der Waals surface area contributed by atoms with E-state index in [1.807, 2.05) is 22.4 Å². The molecular formula is C26H33N3O2S. The zero-order valence-corrected chi connectivity index (χ0v) is 19.5. The normalized spacial score (nSPS) is 23.0. The van der Waals surface area contributed by atoms with Gasteiger partial charge in [0.1, 0.15) is 0 Å². The lowest BCUT2D eigenvalue weighted by molar-refractivity contribution is -0.130. The topological polar surface area (TPSA) is 52.7 Å². The third-order valence-electron chi connectivity index (χ3n) is 7.53. The maximum atomic E-state index is 13.7. The monoisotopic (exact) mass is 451 g/mol. The Balaban J connectivity index is 1.27. The molecule has 0 spiro atoms. The number of fused-ring (bicyclic) bond motifs is 1. The third kappa shape index (κ3) is 4.48. The van der Waals surface area contributed by atoms with Crippen molar-refractivity contribution in [3.8, 4) is 0 Å². The number of aryl methyl sites for hydroxylation is 1. The van der Waals surface area contributed by atoms with Crippen LogP contribution in [-0.4, -0.2) is 53.8 Å². The summed E-state index contributed by atoms with van der Waals surface area (Å²) in [7, 11) is 0. The predicted octanol–water partition coefficient (Wildman–Crippen LogP) is 4.26. The predicted molar refractivity (Wildman–Crippen MR) is 128 cm³/mol. The van der Waals surface area contributed by atoms with Gasteiger partial charge in [-0.25, -0.2) is 0 Å². The van der Waals surface area contributed by atoms with E-state index >= 15 is 0 Å². The van der Waals surface area contributed by atoms with Crippen LogP contribution in [0.4, 0.5) is 0 Å². The van der Waals surface area contributed by atoms with Gasteiger partial charge in [-0.3, -0.25) is 14.5 Å². The molecule has 0 unspecified atom stereocenters. The number of piperazine rings is 1. The number of hydrogen-bond acceptors (Lipinski definition) is 4. The first-order valence-corrected chi connectivity index (χ1v) is 13.0. The number of rotatable bonds is 5. The molecule has 5 nitrogen and oxygen atoms in total. The molecule has 2 fully saturated rings. The van der Waals surface area contributed by atoms with Crippen LogP contribution in [0.15, 0.2) is 41.8 Å². The fraction of sp³-hybridized carbons (Fsp3) is 0.538. The minimum atomic E-state index is -0.0782. The van der Waals surface area contributed by atoms with Gasteiger partial charge in [0, 0.05) is 26.2 Å². The van der Waals surface area contributed by atoms with Crippen molar-refractivity contribution in [2.24, 2.45) is 5.92 Å². The van der Waals surface area contributed by atoms with Crippen LogP contribution in [-0.2, 0) is 11.2 Å². The van der Waals surface area contributed by atoms with Crippen LogP contribution in [0, 0.1) is 5.92 Å². The quantitative estimate of drug-likeness (QED) is 0.739. The third-order valence-corrected chi connectivity index (χ3v) is 8.39. The molecule has 32 heavy (non-hydrogen) atoms. The first-order chi connectivity index (χ1) is 15.7. The van der Waals surface area contributed by atoms with Gasteiger partial charge in [-0.15, -0.1) is 11.3 Å². The number of hydrogen-bond donors (Lipinski definition) is 1. The second-order valence-corrected chi connectivity index (χ2v) is 10.4. The minimum Gasteiger partial charge on any atom is -0.348 e. The van der Waals surface area contributed by atoms with Crippen LogP contribution in [0.5, 0.6) is 0 Å². The molecule has 2 heterocycles. The van der Waals surface area contributed by atoms with Gasteiger partial charge in [0.25, 0.3) is 5.91 Å². The minimum absolute atomic E-state index is 0.0782. The summed E-state index contributed by atoms with van der Waals surface area (Å²) in [5, 5.41) is 5.40. The highest BCUT2D eigenvalue weighted by Gasteiger charge is 2.38. The molecule has 1 aromatic heterocycles. The molecule has 3 aliphatic rings. The number of benzene rings is 1. The molecule has 170 valence electrons. The van der Waals surface area contributed by atoms with Crippen molar-refractivity contribution >= 4 is 23.2 Å². The summed E-state index contributed by atoms with van der Waals surface area (Å²) in [5.74, 6) is 0.741.